The van der Waals surface area contributed by atoms with Gasteiger partial charge in [0.05, 0.1) is 6.26 Å². The topological polar surface area (TPSA) is 82.4 Å². The van der Waals surface area contributed by atoms with Gasteiger partial charge in [-0.2, -0.15) is 5.10 Å². The van der Waals surface area contributed by atoms with Gasteiger partial charge < -0.3 is 14.2 Å². The SMILES string of the molecule is O=C(c1cccc(F)c1)N1CCN(C(=O)c2cc(-c3ccco3)[nH]n2)CC1. The van der Waals surface area contributed by atoms with Crippen LogP contribution in [-0.2, 0) is 0 Å². The number of halogens is 1. The molecule has 27 heavy (non-hydrogen) atoms. The lowest BCUT2D eigenvalue weighted by Gasteiger charge is -2.34. The van der Waals surface area contributed by atoms with E-state index >= 15 is 0 Å². The highest BCUT2D eigenvalue weighted by Gasteiger charge is 2.27. The van der Waals surface area contributed by atoms with Crippen molar-refractivity contribution in [3.63, 3.8) is 0 Å². The van der Waals surface area contributed by atoms with Crippen LogP contribution in [0.1, 0.15) is 20.8 Å². The van der Waals surface area contributed by atoms with Gasteiger partial charge in [-0.3, -0.25) is 14.7 Å². The molecule has 3 heterocycles. The molecule has 0 unspecified atom stereocenters. The normalized spacial score (nSPS) is 14.4. The number of nitrogens with one attached hydrogen (secondary N) is 1. The summed E-state index contributed by atoms with van der Waals surface area (Å²) >= 11 is 0. The molecule has 1 fully saturated rings. The van der Waals surface area contributed by atoms with Crippen molar-refractivity contribution < 1.29 is 18.4 Å². The number of nitrogens with zero attached hydrogens (tertiary/aromatic N) is 3. The predicted molar refractivity (Wildman–Crippen MR) is 94.5 cm³/mol. The number of amides is 2. The summed E-state index contributed by atoms with van der Waals surface area (Å²) in [6.07, 6.45) is 1.55. The fourth-order valence-corrected chi connectivity index (χ4v) is 3.07. The van der Waals surface area contributed by atoms with Crippen LogP contribution in [0.5, 0.6) is 0 Å². The molecule has 0 aliphatic carbocycles. The summed E-state index contributed by atoms with van der Waals surface area (Å²) in [5, 5.41) is 6.85. The maximum atomic E-state index is 13.3. The van der Waals surface area contributed by atoms with Gasteiger partial charge >= 0.3 is 0 Å². The maximum absolute atomic E-state index is 13.3. The van der Waals surface area contributed by atoms with Gasteiger partial charge in [0.15, 0.2) is 11.5 Å². The molecule has 1 aliphatic heterocycles. The molecule has 2 aromatic heterocycles. The molecule has 2 amide bonds. The molecule has 7 nitrogen and oxygen atoms in total. The van der Waals surface area contributed by atoms with Gasteiger partial charge in [-0.1, -0.05) is 6.07 Å². The standard InChI is InChI=1S/C19H17FN4O3/c20-14-4-1-3-13(11-14)18(25)23-6-8-24(9-7-23)19(26)16-12-15(21-22-16)17-5-2-10-27-17/h1-5,10-12H,6-9H2,(H,21,22). The van der Waals surface area contributed by atoms with Crippen molar-refractivity contribution in [3.8, 4) is 11.5 Å². The van der Waals surface area contributed by atoms with Gasteiger partial charge in [0, 0.05) is 37.8 Å². The number of rotatable bonds is 3. The number of furan rings is 1. The molecular formula is C19H17FN4O3. The van der Waals surface area contributed by atoms with E-state index in [1.54, 1.807) is 40.3 Å². The summed E-state index contributed by atoms with van der Waals surface area (Å²) < 4.78 is 18.6. The van der Waals surface area contributed by atoms with Crippen molar-refractivity contribution in [1.82, 2.24) is 20.0 Å². The monoisotopic (exact) mass is 368 g/mol. The largest absolute Gasteiger partial charge is 0.463 e. The van der Waals surface area contributed by atoms with Crippen LogP contribution in [0.25, 0.3) is 11.5 Å². The Balaban J connectivity index is 1.39. The lowest BCUT2D eigenvalue weighted by Crippen LogP contribution is -2.50. The summed E-state index contributed by atoms with van der Waals surface area (Å²) in [4.78, 5) is 28.4. The first-order valence-electron chi connectivity index (χ1n) is 8.55. The van der Waals surface area contributed by atoms with E-state index in [0.29, 0.717) is 48.9 Å². The van der Waals surface area contributed by atoms with E-state index in [0.717, 1.165) is 0 Å². The highest BCUT2D eigenvalue weighted by molar-refractivity contribution is 5.95. The lowest BCUT2D eigenvalue weighted by molar-refractivity contribution is 0.0532. The molecule has 138 valence electrons. The van der Waals surface area contributed by atoms with E-state index in [-0.39, 0.29) is 11.8 Å². The van der Waals surface area contributed by atoms with Crippen molar-refractivity contribution in [2.45, 2.75) is 0 Å². The van der Waals surface area contributed by atoms with Gasteiger partial charge in [0.2, 0.25) is 0 Å². The summed E-state index contributed by atoms with van der Waals surface area (Å²) in [5.41, 5.74) is 1.24. The second kappa shape index (κ2) is 7.06. The number of benzene rings is 1. The Morgan fingerprint density at radius 1 is 1.00 bits per heavy atom. The summed E-state index contributed by atoms with van der Waals surface area (Å²) in [6, 6.07) is 10.8. The molecule has 1 aliphatic rings. The van der Waals surface area contributed by atoms with Gasteiger partial charge in [0.25, 0.3) is 11.8 Å². The quantitative estimate of drug-likeness (QED) is 0.770. The molecule has 0 spiro atoms. The third-order valence-electron chi connectivity index (χ3n) is 4.51. The molecule has 0 bridgehead atoms. The molecule has 1 N–H and O–H groups in total. The first-order valence-corrected chi connectivity index (χ1v) is 8.55. The minimum Gasteiger partial charge on any atom is -0.463 e. The predicted octanol–water partition coefficient (Wildman–Crippen LogP) is 2.41. The zero-order valence-corrected chi connectivity index (χ0v) is 14.4. The number of aromatic nitrogens is 2. The van der Waals surface area contributed by atoms with E-state index in [1.165, 1.54) is 18.2 Å². The van der Waals surface area contributed by atoms with Crippen molar-refractivity contribution in [3.05, 3.63) is 65.8 Å². The van der Waals surface area contributed by atoms with Crippen LogP contribution in [0.2, 0.25) is 0 Å². The highest BCUT2D eigenvalue weighted by Crippen LogP contribution is 2.19. The van der Waals surface area contributed by atoms with Crippen molar-refractivity contribution in [2.75, 3.05) is 26.2 Å². The molecule has 0 saturated carbocycles. The number of carbonyl (C=O) groups excluding carboxylic acids is 2. The number of H-pyrrole nitrogens is 1. The maximum Gasteiger partial charge on any atom is 0.274 e. The fraction of sp³-hybridized carbons (Fsp3) is 0.211. The average molecular weight is 368 g/mol. The minimum absolute atomic E-state index is 0.207. The van der Waals surface area contributed by atoms with E-state index in [1.807, 2.05) is 0 Å². The second-order valence-corrected chi connectivity index (χ2v) is 6.24. The molecule has 0 atom stereocenters. The Morgan fingerprint density at radius 2 is 1.74 bits per heavy atom. The van der Waals surface area contributed by atoms with Crippen molar-refractivity contribution in [2.24, 2.45) is 0 Å². The first kappa shape index (κ1) is 17.0. The molecular weight excluding hydrogens is 351 g/mol. The Morgan fingerprint density at radius 3 is 2.41 bits per heavy atom. The summed E-state index contributed by atoms with van der Waals surface area (Å²) in [5.74, 6) is -0.281. The number of aromatic amines is 1. The van der Waals surface area contributed by atoms with Gasteiger partial charge in [-0.25, -0.2) is 4.39 Å². The van der Waals surface area contributed by atoms with E-state index in [9.17, 15) is 14.0 Å². The van der Waals surface area contributed by atoms with Crippen LogP contribution in [0, 0.1) is 5.82 Å². The zero-order chi connectivity index (χ0) is 18.8. The Labute approximate surface area is 154 Å². The van der Waals surface area contributed by atoms with E-state index in [2.05, 4.69) is 10.2 Å². The smallest absolute Gasteiger partial charge is 0.274 e. The molecule has 1 aromatic carbocycles. The zero-order valence-electron chi connectivity index (χ0n) is 14.4. The fourth-order valence-electron chi connectivity index (χ4n) is 3.07. The third kappa shape index (κ3) is 3.46. The van der Waals surface area contributed by atoms with Crippen LogP contribution in [-0.4, -0.2) is 58.0 Å². The van der Waals surface area contributed by atoms with Crippen LogP contribution < -0.4 is 0 Å². The lowest BCUT2D eigenvalue weighted by atomic mass is 10.1. The molecule has 8 heteroatoms. The van der Waals surface area contributed by atoms with Crippen molar-refractivity contribution in [1.29, 1.82) is 0 Å². The summed E-state index contributed by atoms with van der Waals surface area (Å²) in [6.45, 7) is 1.55. The Hall–Kier alpha value is -3.42. The van der Waals surface area contributed by atoms with Gasteiger partial charge in [-0.05, 0) is 30.3 Å². The van der Waals surface area contributed by atoms with Crippen LogP contribution >= 0.6 is 0 Å². The first-order chi connectivity index (χ1) is 13.1. The van der Waals surface area contributed by atoms with Gasteiger partial charge in [0.1, 0.15) is 11.5 Å². The van der Waals surface area contributed by atoms with Gasteiger partial charge in [-0.15, -0.1) is 0 Å². The average Bonchev–Trinajstić information content (AvgIpc) is 3.38. The molecule has 0 radical (unpaired) electrons. The van der Waals surface area contributed by atoms with E-state index < -0.39 is 5.82 Å². The minimum atomic E-state index is -0.444. The van der Waals surface area contributed by atoms with E-state index in [4.69, 9.17) is 4.42 Å². The number of hydrogen-bond acceptors (Lipinski definition) is 4. The molecule has 1 saturated heterocycles. The summed E-state index contributed by atoms with van der Waals surface area (Å²) in [7, 11) is 0. The molecule has 3 aromatic rings. The number of carbonyl (C=O) groups is 2. The second-order valence-electron chi connectivity index (χ2n) is 6.24. The number of hydrogen-bond donors (Lipinski definition) is 1. The van der Waals surface area contributed by atoms with Crippen molar-refractivity contribution >= 4 is 11.8 Å². The third-order valence-corrected chi connectivity index (χ3v) is 4.51. The number of piperazine rings is 1. The highest BCUT2D eigenvalue weighted by atomic mass is 19.1. The van der Waals surface area contributed by atoms with Crippen LogP contribution in [0.3, 0.4) is 0 Å². The Kier molecular flexibility index (Phi) is 4.45. The Bertz CT molecular complexity index is 959. The molecule has 4 rings (SSSR count). The van der Waals surface area contributed by atoms with Crippen LogP contribution in [0.15, 0.2) is 53.1 Å². The van der Waals surface area contributed by atoms with Crippen LogP contribution in [0.4, 0.5) is 4.39 Å².